The van der Waals surface area contributed by atoms with E-state index < -0.39 is 0 Å². The Labute approximate surface area is 199 Å². The second kappa shape index (κ2) is 7.23. The highest BCUT2D eigenvalue weighted by Crippen LogP contribution is 2.65. The molecule has 8 fully saturated rings. The van der Waals surface area contributed by atoms with E-state index in [1.54, 1.807) is 0 Å². The first-order chi connectivity index (χ1) is 15.8. The molecule has 4 nitrogen and oxygen atoms in total. The minimum atomic E-state index is 0.179. The van der Waals surface area contributed by atoms with Crippen LogP contribution >= 0.6 is 0 Å². The summed E-state index contributed by atoms with van der Waals surface area (Å²) in [5.41, 5.74) is 0.442. The molecule has 0 aromatic rings. The number of piperidine rings is 1. The van der Waals surface area contributed by atoms with Crippen molar-refractivity contribution in [3.8, 4) is 0 Å². The lowest BCUT2D eigenvalue weighted by atomic mass is 9.47. The SMILES string of the molecule is C[C@]12CCC(=O)NC1CC[C@@H]1[C@H]2CC[C@]2(C)C(C(=O)NC3C4CC5CC(C4)CC3C5)CC[C@@H]12. The lowest BCUT2D eigenvalue weighted by molar-refractivity contribution is -0.143. The largest absolute Gasteiger partial charge is 0.353 e. The molecule has 33 heavy (non-hydrogen) atoms. The molecule has 1 saturated heterocycles. The summed E-state index contributed by atoms with van der Waals surface area (Å²) in [6.07, 6.45) is 15.9. The van der Waals surface area contributed by atoms with Crippen LogP contribution in [0.2, 0.25) is 0 Å². The summed E-state index contributed by atoms with van der Waals surface area (Å²) in [5.74, 6) is 6.53. The van der Waals surface area contributed by atoms with Crippen LogP contribution in [0.15, 0.2) is 0 Å². The molecule has 8 rings (SSSR count). The third-order valence-corrected chi connectivity index (χ3v) is 12.9. The zero-order valence-electron chi connectivity index (χ0n) is 20.8. The zero-order chi connectivity index (χ0) is 22.5. The van der Waals surface area contributed by atoms with Crippen LogP contribution in [0.3, 0.4) is 0 Å². The number of hydrogen-bond donors (Lipinski definition) is 2. The van der Waals surface area contributed by atoms with E-state index in [1.165, 1.54) is 57.8 Å². The highest BCUT2D eigenvalue weighted by atomic mass is 16.2. The highest BCUT2D eigenvalue weighted by molar-refractivity contribution is 5.80. The molecule has 4 heteroatoms. The first-order valence-electron chi connectivity index (χ1n) is 14.4. The number of amides is 2. The topological polar surface area (TPSA) is 58.2 Å². The van der Waals surface area contributed by atoms with Crippen molar-refractivity contribution in [2.75, 3.05) is 0 Å². The molecule has 0 aromatic heterocycles. The van der Waals surface area contributed by atoms with Gasteiger partial charge in [0.2, 0.25) is 11.8 Å². The van der Waals surface area contributed by atoms with Crippen molar-refractivity contribution in [1.82, 2.24) is 10.6 Å². The quantitative estimate of drug-likeness (QED) is 0.615. The smallest absolute Gasteiger partial charge is 0.223 e. The number of carbonyl (C=O) groups is 2. The summed E-state index contributed by atoms with van der Waals surface area (Å²) in [6, 6.07) is 0.853. The molecule has 2 amide bonds. The van der Waals surface area contributed by atoms with Crippen LogP contribution in [0, 0.1) is 58.2 Å². The Morgan fingerprint density at radius 1 is 0.848 bits per heavy atom. The minimum Gasteiger partial charge on any atom is -0.353 e. The van der Waals surface area contributed by atoms with Gasteiger partial charge in [0, 0.05) is 24.4 Å². The van der Waals surface area contributed by atoms with Crippen LogP contribution in [-0.2, 0) is 9.59 Å². The summed E-state index contributed by atoms with van der Waals surface area (Å²) in [4.78, 5) is 25.9. The Morgan fingerprint density at radius 2 is 1.55 bits per heavy atom. The van der Waals surface area contributed by atoms with Gasteiger partial charge in [-0.25, -0.2) is 0 Å². The molecule has 0 aromatic carbocycles. The molecule has 7 saturated carbocycles. The third-order valence-electron chi connectivity index (χ3n) is 12.9. The highest BCUT2D eigenvalue weighted by Gasteiger charge is 2.61. The Bertz CT molecular complexity index is 827. The van der Waals surface area contributed by atoms with E-state index in [4.69, 9.17) is 0 Å². The summed E-state index contributed by atoms with van der Waals surface area (Å²) >= 11 is 0. The second-order valence-electron chi connectivity index (χ2n) is 14.2. The van der Waals surface area contributed by atoms with Crippen molar-refractivity contribution in [1.29, 1.82) is 0 Å². The fourth-order valence-electron chi connectivity index (χ4n) is 11.6. The van der Waals surface area contributed by atoms with Gasteiger partial charge in [0.05, 0.1) is 0 Å². The molecule has 0 spiro atoms. The van der Waals surface area contributed by atoms with Crippen LogP contribution < -0.4 is 10.6 Å². The minimum absolute atomic E-state index is 0.179. The summed E-state index contributed by atoms with van der Waals surface area (Å²) in [7, 11) is 0. The molecular formula is C29H44N2O2. The average molecular weight is 453 g/mol. The van der Waals surface area contributed by atoms with Crippen LogP contribution in [-0.4, -0.2) is 23.9 Å². The van der Waals surface area contributed by atoms with E-state index >= 15 is 0 Å². The molecule has 1 aliphatic heterocycles. The molecule has 182 valence electrons. The van der Waals surface area contributed by atoms with Gasteiger partial charge in [0.1, 0.15) is 0 Å². The van der Waals surface area contributed by atoms with Crippen LogP contribution in [0.1, 0.15) is 97.3 Å². The fourth-order valence-corrected chi connectivity index (χ4v) is 11.6. The first kappa shape index (κ1) is 21.2. The van der Waals surface area contributed by atoms with Gasteiger partial charge in [0.15, 0.2) is 0 Å². The monoisotopic (exact) mass is 452 g/mol. The summed E-state index contributed by atoms with van der Waals surface area (Å²) in [5, 5.41) is 7.06. The molecule has 2 unspecified atom stereocenters. The van der Waals surface area contributed by atoms with Crippen LogP contribution in [0.5, 0.6) is 0 Å². The Kier molecular flexibility index (Phi) is 4.65. The second-order valence-corrected chi connectivity index (χ2v) is 14.2. The van der Waals surface area contributed by atoms with Crippen molar-refractivity contribution in [2.45, 2.75) is 109 Å². The lowest BCUT2D eigenvalue weighted by Crippen LogP contribution is -2.61. The number of carbonyl (C=O) groups excluding carboxylic acids is 2. The van der Waals surface area contributed by atoms with Crippen molar-refractivity contribution < 1.29 is 9.59 Å². The molecule has 2 N–H and O–H groups in total. The number of hydrogen-bond acceptors (Lipinski definition) is 2. The van der Waals surface area contributed by atoms with Gasteiger partial charge in [-0.15, -0.1) is 0 Å². The van der Waals surface area contributed by atoms with Gasteiger partial charge in [-0.1, -0.05) is 13.8 Å². The normalized spacial score (nSPS) is 56.5. The maximum absolute atomic E-state index is 13.8. The average Bonchev–Trinajstić information content (AvgIpc) is 3.13. The number of fused-ring (bicyclic) bond motifs is 5. The van der Waals surface area contributed by atoms with Gasteiger partial charge in [0.25, 0.3) is 0 Å². The molecule has 7 aliphatic carbocycles. The Morgan fingerprint density at radius 3 is 2.27 bits per heavy atom. The number of nitrogens with one attached hydrogen (secondary N) is 2. The summed E-state index contributed by atoms with van der Waals surface area (Å²) < 4.78 is 0. The Hall–Kier alpha value is -1.06. The molecule has 8 aliphatic rings. The van der Waals surface area contributed by atoms with Crippen molar-refractivity contribution in [3.05, 3.63) is 0 Å². The maximum atomic E-state index is 13.8. The van der Waals surface area contributed by atoms with Crippen molar-refractivity contribution in [2.24, 2.45) is 58.2 Å². The standard InChI is InChI=1S/C29H44N2O2/c1-28-9-7-22-20(3-6-24-29(22,2)10-8-25(32)30-24)21(28)4-5-23(28)27(33)31-26-18-12-16-11-17(14-18)15-19(26)13-16/h16-24,26H,3-15H2,1-2H3,(H,30,32)(H,31,33)/t16?,17?,18?,19?,20-,21-,22+,23?,24?,26?,28-,29+/m0/s1. The predicted octanol–water partition coefficient (Wildman–Crippen LogP) is 5.06. The van der Waals surface area contributed by atoms with Gasteiger partial charge in [-0.3, -0.25) is 9.59 Å². The Balaban J connectivity index is 1.08. The zero-order valence-corrected chi connectivity index (χ0v) is 20.8. The van der Waals surface area contributed by atoms with E-state index in [9.17, 15) is 9.59 Å². The van der Waals surface area contributed by atoms with E-state index in [1.807, 2.05) is 0 Å². The third kappa shape index (κ3) is 3.00. The molecule has 4 bridgehead atoms. The summed E-state index contributed by atoms with van der Waals surface area (Å²) in [6.45, 7) is 4.96. The van der Waals surface area contributed by atoms with E-state index in [0.29, 0.717) is 30.3 Å². The van der Waals surface area contributed by atoms with Crippen LogP contribution in [0.4, 0.5) is 0 Å². The number of rotatable bonds is 2. The molecular weight excluding hydrogens is 408 g/mol. The molecule has 7 atom stereocenters. The van der Waals surface area contributed by atoms with E-state index in [2.05, 4.69) is 24.5 Å². The van der Waals surface area contributed by atoms with Gasteiger partial charge in [-0.05, 0) is 129 Å². The maximum Gasteiger partial charge on any atom is 0.223 e. The predicted molar refractivity (Wildman–Crippen MR) is 128 cm³/mol. The fraction of sp³-hybridized carbons (Fsp3) is 0.931. The van der Waals surface area contributed by atoms with Crippen molar-refractivity contribution in [3.63, 3.8) is 0 Å². The van der Waals surface area contributed by atoms with Crippen LogP contribution in [0.25, 0.3) is 0 Å². The van der Waals surface area contributed by atoms with Gasteiger partial charge in [-0.2, -0.15) is 0 Å². The first-order valence-corrected chi connectivity index (χ1v) is 14.4. The lowest BCUT2D eigenvalue weighted by Gasteiger charge is -2.60. The van der Waals surface area contributed by atoms with Gasteiger partial charge < -0.3 is 10.6 Å². The van der Waals surface area contributed by atoms with Crippen molar-refractivity contribution >= 4 is 11.8 Å². The van der Waals surface area contributed by atoms with Gasteiger partial charge >= 0.3 is 0 Å². The van der Waals surface area contributed by atoms with E-state index in [0.717, 1.165) is 54.8 Å². The van der Waals surface area contributed by atoms with E-state index in [-0.39, 0.29) is 22.7 Å². The molecule has 0 radical (unpaired) electrons. The molecule has 1 heterocycles.